The summed E-state index contributed by atoms with van der Waals surface area (Å²) in [6.45, 7) is 18.8. The van der Waals surface area contributed by atoms with E-state index in [0.29, 0.717) is 16.9 Å². The van der Waals surface area contributed by atoms with Crippen LogP contribution >= 0.6 is 0 Å². The lowest BCUT2D eigenvalue weighted by Gasteiger charge is -2.58. The average Bonchev–Trinajstić information content (AvgIpc) is 3.27. The lowest BCUT2D eigenvalue weighted by Crippen LogP contribution is -2.51. The molecule has 0 bridgehead atoms. The van der Waals surface area contributed by atoms with Gasteiger partial charge in [0.2, 0.25) is 0 Å². The van der Waals surface area contributed by atoms with E-state index in [9.17, 15) is 0 Å². The largest absolute Gasteiger partial charge is 0.379 e. The van der Waals surface area contributed by atoms with Crippen LogP contribution in [0.4, 0.5) is 0 Å². The molecule has 0 aliphatic heterocycles. The van der Waals surface area contributed by atoms with Crippen molar-refractivity contribution in [2.24, 2.45) is 46.3 Å². The van der Waals surface area contributed by atoms with E-state index in [1.807, 2.05) is 6.92 Å². The molecular formula is C36H64O3. The molecule has 8 unspecified atom stereocenters. The normalized spacial score (nSPS) is 36.8. The molecule has 39 heavy (non-hydrogen) atoms. The van der Waals surface area contributed by atoms with Gasteiger partial charge in [0.1, 0.15) is 0 Å². The molecule has 3 nitrogen and oxygen atoms in total. The van der Waals surface area contributed by atoms with E-state index in [-0.39, 0.29) is 0 Å². The van der Waals surface area contributed by atoms with E-state index in [4.69, 9.17) is 14.2 Å². The van der Waals surface area contributed by atoms with Crippen molar-refractivity contribution in [1.82, 2.24) is 0 Å². The lowest BCUT2D eigenvalue weighted by atomic mass is 9.47. The highest BCUT2D eigenvalue weighted by Crippen LogP contribution is 2.67. The molecule has 8 atom stereocenters. The van der Waals surface area contributed by atoms with Crippen LogP contribution in [0.25, 0.3) is 0 Å². The molecule has 0 N–H and O–H groups in total. The predicted octanol–water partition coefficient (Wildman–Crippen LogP) is 9.64. The van der Waals surface area contributed by atoms with Crippen LogP contribution in [0.15, 0.2) is 11.6 Å². The Balaban J connectivity index is 1.23. The summed E-state index contributed by atoms with van der Waals surface area (Å²) in [7, 11) is 0. The zero-order chi connectivity index (χ0) is 27.9. The third kappa shape index (κ3) is 7.53. The minimum absolute atomic E-state index is 0.434. The lowest BCUT2D eigenvalue weighted by molar-refractivity contribution is -0.0641. The molecule has 0 spiro atoms. The fraction of sp³-hybridized carbons (Fsp3) is 0.944. The molecule has 226 valence electrons. The molecule has 0 amide bonds. The number of allylic oxidation sites excluding steroid dienone is 1. The van der Waals surface area contributed by atoms with Gasteiger partial charge < -0.3 is 14.2 Å². The predicted molar refractivity (Wildman–Crippen MR) is 164 cm³/mol. The molecular weight excluding hydrogens is 480 g/mol. The Bertz CT molecular complexity index is 760. The van der Waals surface area contributed by atoms with Gasteiger partial charge in [-0.3, -0.25) is 0 Å². The van der Waals surface area contributed by atoms with Crippen molar-refractivity contribution in [1.29, 1.82) is 0 Å². The first-order chi connectivity index (χ1) is 18.8. The van der Waals surface area contributed by atoms with Crippen LogP contribution in [-0.2, 0) is 14.2 Å². The number of hydrogen-bond acceptors (Lipinski definition) is 3. The summed E-state index contributed by atoms with van der Waals surface area (Å²) < 4.78 is 17.4. The topological polar surface area (TPSA) is 27.7 Å². The Morgan fingerprint density at radius 2 is 1.62 bits per heavy atom. The first-order valence-electron chi connectivity index (χ1n) is 17.3. The fourth-order valence-electron chi connectivity index (χ4n) is 9.89. The van der Waals surface area contributed by atoms with Crippen LogP contribution in [0.2, 0.25) is 0 Å². The van der Waals surface area contributed by atoms with E-state index in [0.717, 1.165) is 81.4 Å². The highest BCUT2D eigenvalue weighted by molar-refractivity contribution is 5.25. The minimum Gasteiger partial charge on any atom is -0.379 e. The Morgan fingerprint density at radius 1 is 0.821 bits per heavy atom. The number of ether oxygens (including phenoxy) is 3. The second kappa shape index (κ2) is 14.7. The first-order valence-corrected chi connectivity index (χ1v) is 17.3. The van der Waals surface area contributed by atoms with Crippen LogP contribution in [0.1, 0.15) is 131 Å². The van der Waals surface area contributed by atoms with Crippen molar-refractivity contribution in [3.05, 3.63) is 11.6 Å². The first kappa shape index (κ1) is 31.6. The van der Waals surface area contributed by atoms with Crippen molar-refractivity contribution in [3.63, 3.8) is 0 Å². The highest BCUT2D eigenvalue weighted by atomic mass is 16.5. The quantitative estimate of drug-likeness (QED) is 0.143. The van der Waals surface area contributed by atoms with Gasteiger partial charge in [-0.05, 0) is 124 Å². The molecule has 3 fully saturated rings. The van der Waals surface area contributed by atoms with Gasteiger partial charge in [-0.2, -0.15) is 0 Å². The Kier molecular flexibility index (Phi) is 11.9. The maximum atomic E-state index is 6.44. The number of unbranched alkanes of at least 4 members (excludes halogenated alkanes) is 2. The second-order valence-electron chi connectivity index (χ2n) is 14.9. The summed E-state index contributed by atoms with van der Waals surface area (Å²) in [4.78, 5) is 0. The summed E-state index contributed by atoms with van der Waals surface area (Å²) in [5.41, 5.74) is 2.79. The van der Waals surface area contributed by atoms with Gasteiger partial charge in [-0.25, -0.2) is 0 Å². The van der Waals surface area contributed by atoms with E-state index in [1.165, 1.54) is 77.0 Å². The van der Waals surface area contributed by atoms with E-state index in [2.05, 4.69) is 40.7 Å². The smallest absolute Gasteiger partial charge is 0.0700 e. The highest BCUT2D eigenvalue weighted by Gasteiger charge is 2.59. The van der Waals surface area contributed by atoms with Crippen molar-refractivity contribution in [2.45, 2.75) is 138 Å². The van der Waals surface area contributed by atoms with Gasteiger partial charge in [0, 0.05) is 19.8 Å². The fourth-order valence-corrected chi connectivity index (χ4v) is 9.89. The summed E-state index contributed by atoms with van der Waals surface area (Å²) in [6, 6.07) is 0. The van der Waals surface area contributed by atoms with Gasteiger partial charge in [0.25, 0.3) is 0 Å². The van der Waals surface area contributed by atoms with Crippen molar-refractivity contribution >= 4 is 0 Å². The monoisotopic (exact) mass is 544 g/mol. The molecule has 3 heteroatoms. The van der Waals surface area contributed by atoms with Crippen molar-refractivity contribution < 1.29 is 14.2 Å². The van der Waals surface area contributed by atoms with Crippen LogP contribution in [-0.4, -0.2) is 39.1 Å². The second-order valence-corrected chi connectivity index (χ2v) is 14.9. The summed E-state index contributed by atoms with van der Waals surface area (Å²) in [6.07, 6.45) is 22.0. The Labute approximate surface area is 242 Å². The molecule has 4 aliphatic rings. The standard InChI is InChI=1S/C36H64O3/c1-7-37-24-25-38-22-9-8-10-23-39-30-18-20-35(5)29(26-30)14-15-31-33-17-16-32(28(4)13-11-12-27(2)3)36(33,6)21-19-34(31)35/h14,27-28,30-34H,7-13,15-26H2,1-6H3. The molecule has 0 aromatic heterocycles. The summed E-state index contributed by atoms with van der Waals surface area (Å²) >= 11 is 0. The Hall–Kier alpha value is -0.380. The van der Waals surface area contributed by atoms with Gasteiger partial charge in [0.15, 0.2) is 0 Å². The van der Waals surface area contributed by atoms with E-state index >= 15 is 0 Å². The number of rotatable bonds is 16. The number of fused-ring (bicyclic) bond motifs is 5. The molecule has 0 radical (unpaired) electrons. The average molecular weight is 545 g/mol. The Morgan fingerprint density at radius 3 is 2.41 bits per heavy atom. The van der Waals surface area contributed by atoms with Crippen molar-refractivity contribution in [3.8, 4) is 0 Å². The van der Waals surface area contributed by atoms with Crippen LogP contribution in [0.3, 0.4) is 0 Å². The zero-order valence-corrected chi connectivity index (χ0v) is 26.8. The SMILES string of the molecule is CCOCCOCCCCCOC1CCC2(C)C(=CCC3C2CCC2(C)C(C(C)CCCC(C)C)CCC32)C1. The van der Waals surface area contributed by atoms with E-state index in [1.54, 1.807) is 5.57 Å². The van der Waals surface area contributed by atoms with E-state index < -0.39 is 0 Å². The molecule has 0 heterocycles. The van der Waals surface area contributed by atoms with Gasteiger partial charge in [-0.15, -0.1) is 0 Å². The van der Waals surface area contributed by atoms with Gasteiger partial charge >= 0.3 is 0 Å². The van der Waals surface area contributed by atoms with Crippen molar-refractivity contribution in [2.75, 3.05) is 33.0 Å². The third-order valence-corrected chi connectivity index (χ3v) is 12.1. The van der Waals surface area contributed by atoms with Crippen LogP contribution in [0.5, 0.6) is 0 Å². The zero-order valence-electron chi connectivity index (χ0n) is 26.8. The van der Waals surface area contributed by atoms with Gasteiger partial charge in [0.05, 0.1) is 19.3 Å². The summed E-state index contributed by atoms with van der Waals surface area (Å²) in [5, 5.41) is 0. The molecule has 0 saturated heterocycles. The van der Waals surface area contributed by atoms with Crippen LogP contribution in [0, 0.1) is 46.3 Å². The summed E-state index contributed by atoms with van der Waals surface area (Å²) in [5.74, 6) is 5.51. The third-order valence-electron chi connectivity index (χ3n) is 12.1. The molecule has 4 rings (SSSR count). The number of hydrogen-bond donors (Lipinski definition) is 0. The molecule has 0 aromatic carbocycles. The molecule has 3 saturated carbocycles. The maximum Gasteiger partial charge on any atom is 0.0700 e. The molecule has 0 aromatic rings. The molecule has 4 aliphatic carbocycles. The minimum atomic E-state index is 0.434. The maximum absolute atomic E-state index is 6.44. The van der Waals surface area contributed by atoms with Gasteiger partial charge in [-0.1, -0.05) is 65.5 Å². The van der Waals surface area contributed by atoms with Crippen LogP contribution < -0.4 is 0 Å².